The van der Waals surface area contributed by atoms with E-state index in [1.807, 2.05) is 25.1 Å². The van der Waals surface area contributed by atoms with Crippen molar-refractivity contribution in [3.8, 4) is 6.07 Å². The lowest BCUT2D eigenvalue weighted by atomic mass is 10.1. The molecule has 0 spiro atoms. The quantitative estimate of drug-likeness (QED) is 0.405. The summed E-state index contributed by atoms with van der Waals surface area (Å²) in [5.74, 6) is -0.617. The summed E-state index contributed by atoms with van der Waals surface area (Å²) in [6.07, 6.45) is 1.46. The Morgan fingerprint density at radius 2 is 1.96 bits per heavy atom. The SMILES string of the molecule is Cc1ccc(/C=C(/C#N)C(=O)Nc2cccc([N+](=O)[O-])c2)cc1. The van der Waals surface area contributed by atoms with Crippen LogP contribution < -0.4 is 5.32 Å². The Labute approximate surface area is 132 Å². The molecule has 114 valence electrons. The van der Waals surface area contributed by atoms with Crippen molar-refractivity contribution >= 4 is 23.4 Å². The molecule has 0 aromatic heterocycles. The fraction of sp³-hybridized carbons (Fsp3) is 0.0588. The zero-order chi connectivity index (χ0) is 16.8. The van der Waals surface area contributed by atoms with Crippen LogP contribution in [0.2, 0.25) is 0 Å². The molecule has 23 heavy (non-hydrogen) atoms. The summed E-state index contributed by atoms with van der Waals surface area (Å²) in [7, 11) is 0. The zero-order valence-electron chi connectivity index (χ0n) is 12.3. The lowest BCUT2D eigenvalue weighted by Crippen LogP contribution is -2.13. The topological polar surface area (TPSA) is 96.0 Å². The molecule has 1 N–H and O–H groups in total. The highest BCUT2D eigenvalue weighted by molar-refractivity contribution is 6.09. The van der Waals surface area contributed by atoms with E-state index in [1.54, 1.807) is 12.1 Å². The van der Waals surface area contributed by atoms with E-state index < -0.39 is 10.8 Å². The average Bonchev–Trinajstić information content (AvgIpc) is 2.54. The van der Waals surface area contributed by atoms with Crippen molar-refractivity contribution in [3.63, 3.8) is 0 Å². The highest BCUT2D eigenvalue weighted by Crippen LogP contribution is 2.18. The number of nitro benzene ring substituents is 1. The third-order valence-corrected chi connectivity index (χ3v) is 3.07. The summed E-state index contributed by atoms with van der Waals surface area (Å²) in [6, 6.07) is 14.7. The molecule has 0 unspecified atom stereocenters. The van der Waals surface area contributed by atoms with E-state index in [2.05, 4.69) is 5.32 Å². The van der Waals surface area contributed by atoms with Gasteiger partial charge in [0.25, 0.3) is 11.6 Å². The van der Waals surface area contributed by atoms with Crippen LogP contribution in [0.25, 0.3) is 6.08 Å². The minimum atomic E-state index is -0.617. The van der Waals surface area contributed by atoms with Crippen LogP contribution >= 0.6 is 0 Å². The Morgan fingerprint density at radius 3 is 2.57 bits per heavy atom. The second-order valence-electron chi connectivity index (χ2n) is 4.84. The lowest BCUT2D eigenvalue weighted by molar-refractivity contribution is -0.384. The number of nitriles is 1. The molecule has 0 atom stereocenters. The van der Waals surface area contributed by atoms with Gasteiger partial charge in [-0.05, 0) is 24.6 Å². The van der Waals surface area contributed by atoms with Crippen molar-refractivity contribution in [2.75, 3.05) is 5.32 Å². The van der Waals surface area contributed by atoms with Gasteiger partial charge in [0.2, 0.25) is 0 Å². The van der Waals surface area contributed by atoms with E-state index >= 15 is 0 Å². The number of carbonyl (C=O) groups is 1. The number of aryl methyl sites for hydroxylation is 1. The van der Waals surface area contributed by atoms with E-state index in [0.29, 0.717) is 0 Å². The molecule has 0 aliphatic carbocycles. The van der Waals surface area contributed by atoms with Gasteiger partial charge >= 0.3 is 0 Å². The van der Waals surface area contributed by atoms with E-state index in [1.165, 1.54) is 30.3 Å². The second-order valence-corrected chi connectivity index (χ2v) is 4.84. The number of rotatable bonds is 4. The highest BCUT2D eigenvalue weighted by Gasteiger charge is 2.12. The third-order valence-electron chi connectivity index (χ3n) is 3.07. The van der Waals surface area contributed by atoms with Crippen LogP contribution in [0, 0.1) is 28.4 Å². The fourth-order valence-electron chi connectivity index (χ4n) is 1.87. The number of anilines is 1. The van der Waals surface area contributed by atoms with Crippen molar-refractivity contribution in [3.05, 3.63) is 75.3 Å². The maximum Gasteiger partial charge on any atom is 0.271 e. The molecule has 0 saturated carbocycles. The van der Waals surface area contributed by atoms with Crippen molar-refractivity contribution in [2.45, 2.75) is 6.92 Å². The van der Waals surface area contributed by atoms with Crippen LogP contribution in [0.1, 0.15) is 11.1 Å². The van der Waals surface area contributed by atoms with Gasteiger partial charge in [-0.15, -0.1) is 0 Å². The van der Waals surface area contributed by atoms with Crippen molar-refractivity contribution in [1.82, 2.24) is 0 Å². The van der Waals surface area contributed by atoms with E-state index in [0.717, 1.165) is 11.1 Å². The van der Waals surface area contributed by atoms with Gasteiger partial charge in [-0.25, -0.2) is 0 Å². The van der Waals surface area contributed by atoms with E-state index in [-0.39, 0.29) is 16.9 Å². The summed E-state index contributed by atoms with van der Waals surface area (Å²) >= 11 is 0. The van der Waals surface area contributed by atoms with Gasteiger partial charge in [0.15, 0.2) is 0 Å². The number of non-ortho nitro benzene ring substituents is 1. The highest BCUT2D eigenvalue weighted by atomic mass is 16.6. The van der Waals surface area contributed by atoms with Crippen molar-refractivity contribution in [1.29, 1.82) is 5.26 Å². The van der Waals surface area contributed by atoms with Crippen LogP contribution in [-0.2, 0) is 4.79 Å². The van der Waals surface area contributed by atoms with Crippen molar-refractivity contribution in [2.24, 2.45) is 0 Å². The van der Waals surface area contributed by atoms with Crippen LogP contribution in [0.15, 0.2) is 54.1 Å². The summed E-state index contributed by atoms with van der Waals surface area (Å²) < 4.78 is 0. The number of carbonyl (C=O) groups excluding carboxylic acids is 1. The predicted molar refractivity (Wildman–Crippen MR) is 86.5 cm³/mol. The van der Waals surface area contributed by atoms with E-state index in [9.17, 15) is 14.9 Å². The Bertz CT molecular complexity index is 818. The first-order valence-corrected chi connectivity index (χ1v) is 6.74. The van der Waals surface area contributed by atoms with Crippen molar-refractivity contribution < 1.29 is 9.72 Å². The van der Waals surface area contributed by atoms with Gasteiger partial charge in [0.1, 0.15) is 11.6 Å². The minimum absolute atomic E-state index is 0.0830. The fourth-order valence-corrected chi connectivity index (χ4v) is 1.87. The molecule has 0 aliphatic heterocycles. The second kappa shape index (κ2) is 7.00. The van der Waals surface area contributed by atoms with Gasteiger partial charge in [-0.1, -0.05) is 35.9 Å². The summed E-state index contributed by atoms with van der Waals surface area (Å²) in [6.45, 7) is 1.94. The predicted octanol–water partition coefficient (Wildman–Crippen LogP) is 3.45. The van der Waals surface area contributed by atoms with Crippen LogP contribution in [0.4, 0.5) is 11.4 Å². The molecule has 0 radical (unpaired) electrons. The molecular weight excluding hydrogens is 294 g/mol. The van der Waals surface area contributed by atoms with Gasteiger partial charge in [-0.2, -0.15) is 5.26 Å². The molecule has 0 bridgehead atoms. The number of hydrogen-bond donors (Lipinski definition) is 1. The number of nitro groups is 1. The molecular formula is C17H13N3O3. The largest absolute Gasteiger partial charge is 0.321 e. The molecule has 0 fully saturated rings. The number of nitrogens with one attached hydrogen (secondary N) is 1. The number of benzene rings is 2. The maximum absolute atomic E-state index is 12.1. The number of nitrogens with zero attached hydrogens (tertiary/aromatic N) is 2. The third kappa shape index (κ3) is 4.25. The van der Waals surface area contributed by atoms with Gasteiger partial charge in [0.05, 0.1) is 4.92 Å². The molecule has 0 heterocycles. The van der Waals surface area contributed by atoms with Crippen LogP contribution in [0.3, 0.4) is 0 Å². The monoisotopic (exact) mass is 307 g/mol. The Kier molecular flexibility index (Phi) is 4.85. The lowest BCUT2D eigenvalue weighted by Gasteiger charge is -2.04. The van der Waals surface area contributed by atoms with Gasteiger partial charge in [-0.3, -0.25) is 14.9 Å². The van der Waals surface area contributed by atoms with Gasteiger partial charge in [0, 0.05) is 17.8 Å². The molecule has 0 aliphatic rings. The first-order chi connectivity index (χ1) is 11.0. The number of hydrogen-bond acceptors (Lipinski definition) is 4. The molecule has 1 amide bonds. The zero-order valence-corrected chi connectivity index (χ0v) is 12.3. The number of amides is 1. The minimum Gasteiger partial charge on any atom is -0.321 e. The average molecular weight is 307 g/mol. The molecule has 6 heteroatoms. The normalized spacial score (nSPS) is 10.7. The first kappa shape index (κ1) is 15.9. The van der Waals surface area contributed by atoms with Crippen LogP contribution in [0.5, 0.6) is 0 Å². The molecule has 2 aromatic rings. The summed E-state index contributed by atoms with van der Waals surface area (Å²) in [5.41, 5.74) is 1.83. The van der Waals surface area contributed by atoms with Gasteiger partial charge < -0.3 is 5.32 Å². The Morgan fingerprint density at radius 1 is 1.26 bits per heavy atom. The standard InChI is InChI=1S/C17H13N3O3/c1-12-5-7-13(8-6-12)9-14(11-18)17(21)19-15-3-2-4-16(10-15)20(22)23/h2-10H,1H3,(H,19,21)/b14-9-. The smallest absolute Gasteiger partial charge is 0.271 e. The first-order valence-electron chi connectivity index (χ1n) is 6.74. The maximum atomic E-state index is 12.1. The molecule has 2 rings (SSSR count). The molecule has 6 nitrogen and oxygen atoms in total. The van der Waals surface area contributed by atoms with E-state index in [4.69, 9.17) is 5.26 Å². The molecule has 0 saturated heterocycles. The summed E-state index contributed by atoms with van der Waals surface area (Å²) in [5, 5.41) is 22.4. The Balaban J connectivity index is 2.21. The molecule has 2 aromatic carbocycles. The summed E-state index contributed by atoms with van der Waals surface area (Å²) in [4.78, 5) is 22.3. The Hall–Kier alpha value is -3.46. The van der Waals surface area contributed by atoms with Crippen LogP contribution in [-0.4, -0.2) is 10.8 Å².